The Balaban J connectivity index is 1.99. The Morgan fingerprint density at radius 1 is 1.28 bits per heavy atom. The van der Waals surface area contributed by atoms with Crippen molar-refractivity contribution in [2.24, 2.45) is 11.8 Å². The molecule has 0 aliphatic heterocycles. The van der Waals surface area contributed by atoms with Gasteiger partial charge in [-0.05, 0) is 43.6 Å². The molecular weight excluding hydrogens is 320 g/mol. The minimum absolute atomic E-state index is 0.0833. The van der Waals surface area contributed by atoms with Crippen LogP contribution in [0.2, 0.25) is 0 Å². The summed E-state index contributed by atoms with van der Waals surface area (Å²) in [5.41, 5.74) is -0.0628. The standard InChI is InChI=1S/C18H24N4O3/c1-10(2)12-4-6-14(7-5-12)22-17(24)15-8-13(20-11(3)23)9-19-16(15)21-18(22)25/h8-10,12,14H,4-7H2,1-3H3,(H,20,23)(H,19,21,25)/t12-,14-. The van der Waals surface area contributed by atoms with E-state index in [2.05, 4.69) is 29.1 Å². The Kier molecular flexibility index (Phi) is 4.74. The highest BCUT2D eigenvalue weighted by molar-refractivity contribution is 5.90. The second-order valence-corrected chi connectivity index (χ2v) is 7.22. The third-order valence-corrected chi connectivity index (χ3v) is 5.15. The second kappa shape index (κ2) is 6.82. The van der Waals surface area contributed by atoms with Crippen LogP contribution in [0.1, 0.15) is 52.5 Å². The number of carbonyl (C=O) groups excluding carboxylic acids is 1. The summed E-state index contributed by atoms with van der Waals surface area (Å²) in [7, 11) is 0. The molecule has 3 rings (SSSR count). The van der Waals surface area contributed by atoms with Crippen molar-refractivity contribution in [1.29, 1.82) is 0 Å². The Labute approximate surface area is 145 Å². The molecule has 0 saturated heterocycles. The monoisotopic (exact) mass is 344 g/mol. The molecule has 1 aliphatic carbocycles. The van der Waals surface area contributed by atoms with Gasteiger partial charge in [0.1, 0.15) is 5.65 Å². The van der Waals surface area contributed by atoms with Gasteiger partial charge in [0.15, 0.2) is 0 Å². The molecule has 134 valence electrons. The van der Waals surface area contributed by atoms with E-state index < -0.39 is 5.69 Å². The zero-order valence-electron chi connectivity index (χ0n) is 14.8. The normalized spacial score (nSPS) is 20.8. The molecule has 25 heavy (non-hydrogen) atoms. The second-order valence-electron chi connectivity index (χ2n) is 7.22. The van der Waals surface area contributed by atoms with Gasteiger partial charge in [-0.3, -0.25) is 19.1 Å². The fourth-order valence-electron chi connectivity index (χ4n) is 3.74. The predicted molar refractivity (Wildman–Crippen MR) is 96.8 cm³/mol. The Morgan fingerprint density at radius 2 is 1.96 bits per heavy atom. The van der Waals surface area contributed by atoms with Gasteiger partial charge in [-0.25, -0.2) is 9.78 Å². The number of rotatable bonds is 3. The van der Waals surface area contributed by atoms with Crippen molar-refractivity contribution in [3.63, 3.8) is 0 Å². The van der Waals surface area contributed by atoms with Gasteiger partial charge < -0.3 is 5.32 Å². The molecular formula is C18H24N4O3. The van der Waals surface area contributed by atoms with Gasteiger partial charge in [0.25, 0.3) is 5.56 Å². The molecule has 2 aromatic heterocycles. The van der Waals surface area contributed by atoms with E-state index in [0.29, 0.717) is 22.9 Å². The third-order valence-electron chi connectivity index (χ3n) is 5.15. The van der Waals surface area contributed by atoms with Crippen LogP contribution in [0.15, 0.2) is 21.9 Å². The minimum atomic E-state index is -0.412. The molecule has 0 spiro atoms. The zero-order valence-corrected chi connectivity index (χ0v) is 14.8. The lowest BCUT2D eigenvalue weighted by molar-refractivity contribution is -0.114. The first kappa shape index (κ1) is 17.4. The summed E-state index contributed by atoms with van der Waals surface area (Å²) in [5.74, 6) is 1.04. The summed E-state index contributed by atoms with van der Waals surface area (Å²) in [4.78, 5) is 43.3. The SMILES string of the molecule is CC(=O)Nc1cnc2[nH]c(=O)n([C@H]3CC[C@H](C(C)C)CC3)c(=O)c2c1. The van der Waals surface area contributed by atoms with Gasteiger partial charge in [-0.1, -0.05) is 13.8 Å². The number of nitrogens with one attached hydrogen (secondary N) is 2. The molecule has 0 radical (unpaired) electrons. The highest BCUT2D eigenvalue weighted by Gasteiger charge is 2.26. The number of nitrogens with zero attached hydrogens (tertiary/aromatic N) is 2. The van der Waals surface area contributed by atoms with Crippen LogP contribution >= 0.6 is 0 Å². The highest BCUT2D eigenvalue weighted by atomic mass is 16.2. The predicted octanol–water partition coefficient (Wildman–Crippen LogP) is 2.43. The average molecular weight is 344 g/mol. The molecule has 0 atom stereocenters. The largest absolute Gasteiger partial charge is 0.330 e. The third kappa shape index (κ3) is 3.50. The van der Waals surface area contributed by atoms with Crippen LogP contribution in [-0.2, 0) is 4.79 Å². The maximum Gasteiger partial charge on any atom is 0.330 e. The first-order valence-corrected chi connectivity index (χ1v) is 8.79. The van der Waals surface area contributed by atoms with E-state index in [1.807, 2.05) is 0 Å². The van der Waals surface area contributed by atoms with Crippen LogP contribution in [0.5, 0.6) is 0 Å². The molecule has 7 heteroatoms. The molecule has 2 heterocycles. The Hall–Kier alpha value is -2.44. The van der Waals surface area contributed by atoms with E-state index in [0.717, 1.165) is 25.7 Å². The maximum atomic E-state index is 12.9. The van der Waals surface area contributed by atoms with E-state index in [-0.39, 0.29) is 23.2 Å². The number of carbonyl (C=O) groups is 1. The number of anilines is 1. The topological polar surface area (TPSA) is 96.8 Å². The van der Waals surface area contributed by atoms with Gasteiger partial charge in [-0.15, -0.1) is 0 Å². The molecule has 2 aromatic rings. The van der Waals surface area contributed by atoms with Crippen LogP contribution in [0.3, 0.4) is 0 Å². The highest BCUT2D eigenvalue weighted by Crippen LogP contribution is 2.34. The van der Waals surface area contributed by atoms with Crippen molar-refractivity contribution >= 4 is 22.6 Å². The van der Waals surface area contributed by atoms with E-state index in [1.165, 1.54) is 17.7 Å². The minimum Gasteiger partial charge on any atom is -0.325 e. The van der Waals surface area contributed by atoms with Gasteiger partial charge in [0.2, 0.25) is 5.91 Å². The number of H-pyrrole nitrogens is 1. The fourth-order valence-corrected chi connectivity index (χ4v) is 3.74. The summed E-state index contributed by atoms with van der Waals surface area (Å²) in [6.45, 7) is 5.83. The van der Waals surface area contributed by atoms with E-state index in [9.17, 15) is 14.4 Å². The first-order valence-electron chi connectivity index (χ1n) is 8.79. The number of fused-ring (bicyclic) bond motifs is 1. The first-order chi connectivity index (χ1) is 11.9. The van der Waals surface area contributed by atoms with Crippen molar-refractivity contribution in [3.05, 3.63) is 33.1 Å². The molecule has 1 saturated carbocycles. The number of hydrogen-bond donors (Lipinski definition) is 2. The molecule has 0 unspecified atom stereocenters. The van der Waals surface area contributed by atoms with Crippen molar-refractivity contribution < 1.29 is 4.79 Å². The molecule has 1 amide bonds. The molecule has 0 aromatic carbocycles. The van der Waals surface area contributed by atoms with Gasteiger partial charge in [0, 0.05) is 13.0 Å². The summed E-state index contributed by atoms with van der Waals surface area (Å²) >= 11 is 0. The van der Waals surface area contributed by atoms with Crippen molar-refractivity contribution in [2.75, 3.05) is 5.32 Å². The quantitative estimate of drug-likeness (QED) is 0.893. The summed E-state index contributed by atoms with van der Waals surface area (Å²) < 4.78 is 1.33. The van der Waals surface area contributed by atoms with Crippen LogP contribution in [0, 0.1) is 11.8 Å². The Bertz CT molecular complexity index is 905. The van der Waals surface area contributed by atoms with E-state index in [4.69, 9.17) is 0 Å². The fraction of sp³-hybridized carbons (Fsp3) is 0.556. The van der Waals surface area contributed by atoms with Crippen LogP contribution in [-0.4, -0.2) is 20.4 Å². The summed E-state index contributed by atoms with van der Waals surface area (Å²) in [6, 6.07) is 1.48. The van der Waals surface area contributed by atoms with E-state index in [1.54, 1.807) is 6.07 Å². The van der Waals surface area contributed by atoms with Crippen molar-refractivity contribution in [1.82, 2.24) is 14.5 Å². The van der Waals surface area contributed by atoms with Crippen LogP contribution in [0.4, 0.5) is 5.69 Å². The number of hydrogen-bond acceptors (Lipinski definition) is 4. The van der Waals surface area contributed by atoms with E-state index >= 15 is 0 Å². The lowest BCUT2D eigenvalue weighted by Crippen LogP contribution is -2.39. The Morgan fingerprint density at radius 3 is 2.56 bits per heavy atom. The number of amides is 1. The van der Waals surface area contributed by atoms with Crippen LogP contribution < -0.4 is 16.6 Å². The number of pyridine rings is 1. The van der Waals surface area contributed by atoms with Gasteiger partial charge >= 0.3 is 5.69 Å². The van der Waals surface area contributed by atoms with Crippen LogP contribution in [0.25, 0.3) is 11.0 Å². The van der Waals surface area contributed by atoms with Gasteiger partial charge in [0.05, 0.1) is 17.3 Å². The molecule has 2 N–H and O–H groups in total. The molecule has 0 bridgehead atoms. The van der Waals surface area contributed by atoms with Gasteiger partial charge in [-0.2, -0.15) is 0 Å². The average Bonchev–Trinajstić information content (AvgIpc) is 2.55. The zero-order chi connectivity index (χ0) is 18.1. The lowest BCUT2D eigenvalue weighted by atomic mass is 9.79. The lowest BCUT2D eigenvalue weighted by Gasteiger charge is -2.31. The molecule has 7 nitrogen and oxygen atoms in total. The number of aromatic amines is 1. The van der Waals surface area contributed by atoms with Crippen molar-refractivity contribution in [3.8, 4) is 0 Å². The molecule has 1 fully saturated rings. The number of aromatic nitrogens is 3. The summed E-state index contributed by atoms with van der Waals surface area (Å²) in [6.07, 6.45) is 5.14. The smallest absolute Gasteiger partial charge is 0.325 e. The molecule has 1 aliphatic rings. The van der Waals surface area contributed by atoms with Crippen molar-refractivity contribution in [2.45, 2.75) is 52.5 Å². The maximum absolute atomic E-state index is 12.9. The summed E-state index contributed by atoms with van der Waals surface area (Å²) in [5, 5.41) is 2.93.